The average Bonchev–Trinajstić information content (AvgIpc) is 2.38. The monoisotopic (exact) mass is 227 g/mol. The van der Waals surface area contributed by atoms with Crippen molar-refractivity contribution in [2.45, 2.75) is 6.92 Å². The van der Waals surface area contributed by atoms with Gasteiger partial charge in [-0.05, 0) is 18.6 Å². The Hall–Kier alpha value is -2.16. The smallest absolute Gasteiger partial charge is 0.340 e. The highest BCUT2D eigenvalue weighted by molar-refractivity contribution is 5.96. The molecule has 0 saturated heterocycles. The number of benzene rings is 1. The van der Waals surface area contributed by atoms with Crippen LogP contribution in [0.15, 0.2) is 42.6 Å². The van der Waals surface area contributed by atoms with Crippen LogP contribution < -0.4 is 0 Å². The van der Waals surface area contributed by atoms with Gasteiger partial charge in [-0.15, -0.1) is 0 Å². The summed E-state index contributed by atoms with van der Waals surface area (Å²) in [5.41, 5.74) is 3.00. The second-order valence-corrected chi connectivity index (χ2v) is 3.77. The zero-order valence-electron chi connectivity index (χ0n) is 9.81. The first-order valence-electron chi connectivity index (χ1n) is 5.33. The van der Waals surface area contributed by atoms with Crippen molar-refractivity contribution < 1.29 is 9.53 Å². The third-order valence-electron chi connectivity index (χ3n) is 2.48. The Bertz CT molecular complexity index is 535. The standard InChI is InChI=1S/C14H13NO2/c1-10-8-12(14(16)17-2)13(15-9-10)11-6-4-3-5-7-11/h3-9H,1-2H3. The summed E-state index contributed by atoms with van der Waals surface area (Å²) in [6.45, 7) is 1.90. The molecule has 0 aliphatic heterocycles. The lowest BCUT2D eigenvalue weighted by Crippen LogP contribution is -2.05. The first-order chi connectivity index (χ1) is 8.22. The van der Waals surface area contributed by atoms with Crippen LogP contribution in [0.2, 0.25) is 0 Å². The molecular weight excluding hydrogens is 214 g/mol. The number of rotatable bonds is 2. The van der Waals surface area contributed by atoms with E-state index in [1.165, 1.54) is 7.11 Å². The number of aryl methyl sites for hydroxylation is 1. The molecule has 0 bridgehead atoms. The summed E-state index contributed by atoms with van der Waals surface area (Å²) in [5, 5.41) is 0. The maximum absolute atomic E-state index is 11.7. The molecule has 0 atom stereocenters. The Kier molecular flexibility index (Phi) is 3.19. The van der Waals surface area contributed by atoms with Crippen molar-refractivity contribution in [2.24, 2.45) is 0 Å². The minimum Gasteiger partial charge on any atom is -0.465 e. The number of ether oxygens (including phenoxy) is 1. The van der Waals surface area contributed by atoms with Crippen LogP contribution in [-0.2, 0) is 4.74 Å². The molecule has 0 radical (unpaired) electrons. The third kappa shape index (κ3) is 2.33. The highest BCUT2D eigenvalue weighted by atomic mass is 16.5. The fourth-order valence-electron chi connectivity index (χ4n) is 1.66. The maximum atomic E-state index is 11.7. The van der Waals surface area contributed by atoms with Crippen molar-refractivity contribution in [3.8, 4) is 11.3 Å². The molecule has 1 heterocycles. The zero-order valence-corrected chi connectivity index (χ0v) is 9.81. The molecule has 2 aromatic rings. The number of carbonyl (C=O) groups is 1. The molecule has 1 aromatic heterocycles. The second-order valence-electron chi connectivity index (χ2n) is 3.77. The molecule has 3 nitrogen and oxygen atoms in total. The Balaban J connectivity index is 2.58. The van der Waals surface area contributed by atoms with Gasteiger partial charge >= 0.3 is 5.97 Å². The maximum Gasteiger partial charge on any atom is 0.340 e. The van der Waals surface area contributed by atoms with Crippen LogP contribution in [0.4, 0.5) is 0 Å². The SMILES string of the molecule is COC(=O)c1cc(C)cnc1-c1ccccc1. The van der Waals surface area contributed by atoms with E-state index in [2.05, 4.69) is 4.98 Å². The lowest BCUT2D eigenvalue weighted by Gasteiger charge is -2.07. The van der Waals surface area contributed by atoms with Gasteiger partial charge in [-0.2, -0.15) is 0 Å². The van der Waals surface area contributed by atoms with Gasteiger partial charge in [-0.3, -0.25) is 4.98 Å². The van der Waals surface area contributed by atoms with Crippen LogP contribution in [0.5, 0.6) is 0 Å². The highest BCUT2D eigenvalue weighted by Gasteiger charge is 2.14. The van der Waals surface area contributed by atoms with Gasteiger partial charge in [-0.1, -0.05) is 30.3 Å². The summed E-state index contributed by atoms with van der Waals surface area (Å²) in [7, 11) is 1.37. The lowest BCUT2D eigenvalue weighted by atomic mass is 10.0. The lowest BCUT2D eigenvalue weighted by molar-refractivity contribution is 0.0601. The number of nitrogens with zero attached hydrogens (tertiary/aromatic N) is 1. The van der Waals surface area contributed by atoms with Crippen LogP contribution in [0.3, 0.4) is 0 Å². The zero-order chi connectivity index (χ0) is 12.3. The molecule has 17 heavy (non-hydrogen) atoms. The topological polar surface area (TPSA) is 39.2 Å². The molecule has 86 valence electrons. The van der Waals surface area contributed by atoms with Crippen molar-refractivity contribution in [2.75, 3.05) is 7.11 Å². The van der Waals surface area contributed by atoms with Gasteiger partial charge in [0.1, 0.15) is 0 Å². The Labute approximate surface area is 100 Å². The van der Waals surface area contributed by atoms with Crippen LogP contribution in [0, 0.1) is 6.92 Å². The van der Waals surface area contributed by atoms with Gasteiger partial charge in [0.15, 0.2) is 0 Å². The molecule has 2 rings (SSSR count). The number of esters is 1. The van der Waals surface area contributed by atoms with E-state index in [1.54, 1.807) is 12.3 Å². The van der Waals surface area contributed by atoms with E-state index in [0.29, 0.717) is 11.3 Å². The molecule has 0 amide bonds. The van der Waals surface area contributed by atoms with E-state index in [1.807, 2.05) is 37.3 Å². The molecule has 0 aliphatic carbocycles. The van der Waals surface area contributed by atoms with E-state index in [9.17, 15) is 4.79 Å². The molecule has 0 aliphatic rings. The molecule has 0 saturated carbocycles. The first-order valence-corrected chi connectivity index (χ1v) is 5.33. The van der Waals surface area contributed by atoms with Gasteiger partial charge in [0.2, 0.25) is 0 Å². The van der Waals surface area contributed by atoms with Crippen molar-refractivity contribution in [3.05, 3.63) is 53.7 Å². The van der Waals surface area contributed by atoms with Gasteiger partial charge in [-0.25, -0.2) is 4.79 Å². The molecule has 3 heteroatoms. The Morgan fingerprint density at radius 2 is 1.94 bits per heavy atom. The van der Waals surface area contributed by atoms with Gasteiger partial charge < -0.3 is 4.74 Å². The summed E-state index contributed by atoms with van der Waals surface area (Å²) >= 11 is 0. The van der Waals surface area contributed by atoms with E-state index < -0.39 is 0 Å². The van der Waals surface area contributed by atoms with Gasteiger partial charge in [0.25, 0.3) is 0 Å². The number of hydrogen-bond acceptors (Lipinski definition) is 3. The Morgan fingerprint density at radius 1 is 1.24 bits per heavy atom. The number of hydrogen-bond donors (Lipinski definition) is 0. The molecule has 0 spiro atoms. The van der Waals surface area contributed by atoms with Crippen molar-refractivity contribution in [3.63, 3.8) is 0 Å². The van der Waals surface area contributed by atoms with Gasteiger partial charge in [0, 0.05) is 11.8 Å². The fourth-order valence-corrected chi connectivity index (χ4v) is 1.66. The molecular formula is C14H13NO2. The van der Waals surface area contributed by atoms with E-state index in [4.69, 9.17) is 4.74 Å². The van der Waals surface area contributed by atoms with Gasteiger partial charge in [0.05, 0.1) is 18.4 Å². The summed E-state index contributed by atoms with van der Waals surface area (Å²) in [6, 6.07) is 11.4. The van der Waals surface area contributed by atoms with E-state index in [0.717, 1.165) is 11.1 Å². The molecule has 0 unspecified atom stereocenters. The largest absolute Gasteiger partial charge is 0.465 e. The van der Waals surface area contributed by atoms with Crippen molar-refractivity contribution in [1.82, 2.24) is 4.98 Å². The second kappa shape index (κ2) is 4.78. The third-order valence-corrected chi connectivity index (χ3v) is 2.48. The van der Waals surface area contributed by atoms with Crippen molar-refractivity contribution >= 4 is 5.97 Å². The fraction of sp³-hybridized carbons (Fsp3) is 0.143. The summed E-state index contributed by atoms with van der Waals surface area (Å²) in [5.74, 6) is -0.361. The minimum absolute atomic E-state index is 0.361. The quantitative estimate of drug-likeness (QED) is 0.740. The molecule has 0 fully saturated rings. The molecule has 1 aromatic carbocycles. The summed E-state index contributed by atoms with van der Waals surface area (Å²) < 4.78 is 4.77. The van der Waals surface area contributed by atoms with Crippen LogP contribution >= 0.6 is 0 Å². The number of aromatic nitrogens is 1. The van der Waals surface area contributed by atoms with E-state index in [-0.39, 0.29) is 5.97 Å². The number of methoxy groups -OCH3 is 1. The van der Waals surface area contributed by atoms with Crippen molar-refractivity contribution in [1.29, 1.82) is 0 Å². The van der Waals surface area contributed by atoms with Crippen LogP contribution in [-0.4, -0.2) is 18.1 Å². The first kappa shape index (κ1) is 11.3. The predicted octanol–water partition coefficient (Wildman–Crippen LogP) is 2.84. The minimum atomic E-state index is -0.361. The molecule has 0 N–H and O–H groups in total. The average molecular weight is 227 g/mol. The van der Waals surface area contributed by atoms with Crippen LogP contribution in [0.1, 0.15) is 15.9 Å². The highest BCUT2D eigenvalue weighted by Crippen LogP contribution is 2.22. The summed E-state index contributed by atoms with van der Waals surface area (Å²) in [4.78, 5) is 16.0. The predicted molar refractivity (Wildman–Crippen MR) is 65.7 cm³/mol. The number of carbonyl (C=O) groups excluding carboxylic acids is 1. The van der Waals surface area contributed by atoms with E-state index >= 15 is 0 Å². The summed E-state index contributed by atoms with van der Waals surface area (Å²) in [6.07, 6.45) is 1.74. The number of pyridine rings is 1. The Morgan fingerprint density at radius 3 is 2.59 bits per heavy atom. The van der Waals surface area contributed by atoms with Crippen LogP contribution in [0.25, 0.3) is 11.3 Å². The normalized spacial score (nSPS) is 10.0.